The standard InChI is InChI=1S/C13H17FO2/c1-3-13(4-2)7-9-5-11(14)6-10(8-15)12(9)16-13/h5-6,15H,3-4,7-8H2,1-2H3. The van der Waals surface area contributed by atoms with Crippen LogP contribution in [0.2, 0.25) is 0 Å². The van der Waals surface area contributed by atoms with Crippen molar-refractivity contribution in [1.29, 1.82) is 0 Å². The van der Waals surface area contributed by atoms with Crippen LogP contribution in [0.25, 0.3) is 0 Å². The van der Waals surface area contributed by atoms with E-state index in [1.165, 1.54) is 12.1 Å². The summed E-state index contributed by atoms with van der Waals surface area (Å²) in [5.74, 6) is 0.391. The van der Waals surface area contributed by atoms with Crippen molar-refractivity contribution in [1.82, 2.24) is 0 Å². The average molecular weight is 224 g/mol. The number of aliphatic hydroxyl groups excluding tert-OH is 1. The van der Waals surface area contributed by atoms with Gasteiger partial charge in [-0.2, -0.15) is 0 Å². The van der Waals surface area contributed by atoms with E-state index in [0.717, 1.165) is 24.8 Å². The van der Waals surface area contributed by atoms with Crippen molar-refractivity contribution in [2.24, 2.45) is 0 Å². The van der Waals surface area contributed by atoms with E-state index in [-0.39, 0.29) is 18.0 Å². The molecule has 1 heterocycles. The van der Waals surface area contributed by atoms with E-state index in [1.54, 1.807) is 0 Å². The predicted octanol–water partition coefficient (Wildman–Crippen LogP) is 2.81. The summed E-state index contributed by atoms with van der Waals surface area (Å²) >= 11 is 0. The average Bonchev–Trinajstić information content (AvgIpc) is 2.67. The highest BCUT2D eigenvalue weighted by molar-refractivity contribution is 5.46. The molecule has 0 saturated heterocycles. The third kappa shape index (κ3) is 1.69. The number of halogens is 1. The molecule has 1 aromatic rings. The number of fused-ring (bicyclic) bond motifs is 1. The SMILES string of the molecule is CCC1(CC)Cc2cc(F)cc(CO)c2O1. The van der Waals surface area contributed by atoms with E-state index >= 15 is 0 Å². The second-order valence-corrected chi connectivity index (χ2v) is 4.38. The molecule has 16 heavy (non-hydrogen) atoms. The molecular weight excluding hydrogens is 207 g/mol. The first-order valence-corrected chi connectivity index (χ1v) is 5.75. The first-order chi connectivity index (χ1) is 7.64. The molecule has 88 valence electrons. The summed E-state index contributed by atoms with van der Waals surface area (Å²) in [6.45, 7) is 3.97. The number of ether oxygens (including phenoxy) is 1. The Morgan fingerprint density at radius 2 is 2.06 bits per heavy atom. The summed E-state index contributed by atoms with van der Waals surface area (Å²) < 4.78 is 19.2. The Labute approximate surface area is 95.1 Å². The molecule has 0 spiro atoms. The maximum Gasteiger partial charge on any atom is 0.129 e. The molecule has 0 bridgehead atoms. The van der Waals surface area contributed by atoms with Gasteiger partial charge in [-0.15, -0.1) is 0 Å². The molecule has 1 N–H and O–H groups in total. The molecule has 0 fully saturated rings. The van der Waals surface area contributed by atoms with E-state index in [2.05, 4.69) is 13.8 Å². The Balaban J connectivity index is 2.43. The van der Waals surface area contributed by atoms with E-state index in [0.29, 0.717) is 11.3 Å². The zero-order valence-corrected chi connectivity index (χ0v) is 9.72. The van der Waals surface area contributed by atoms with Crippen LogP contribution < -0.4 is 4.74 Å². The summed E-state index contributed by atoms with van der Waals surface area (Å²) in [7, 11) is 0. The number of hydrogen-bond acceptors (Lipinski definition) is 2. The molecular formula is C13H17FO2. The van der Waals surface area contributed by atoms with Crippen molar-refractivity contribution >= 4 is 0 Å². The summed E-state index contributed by atoms with van der Waals surface area (Å²) in [4.78, 5) is 0. The van der Waals surface area contributed by atoms with Gasteiger partial charge in [-0.1, -0.05) is 13.8 Å². The van der Waals surface area contributed by atoms with Crippen molar-refractivity contribution in [2.45, 2.75) is 45.3 Å². The minimum absolute atomic E-state index is 0.177. The molecule has 0 aliphatic carbocycles. The van der Waals surface area contributed by atoms with Gasteiger partial charge in [0.25, 0.3) is 0 Å². The Kier molecular flexibility index (Phi) is 2.89. The Bertz CT molecular complexity index is 397. The van der Waals surface area contributed by atoms with Gasteiger partial charge in [0, 0.05) is 17.5 Å². The topological polar surface area (TPSA) is 29.5 Å². The zero-order chi connectivity index (χ0) is 11.8. The summed E-state index contributed by atoms with van der Waals surface area (Å²) in [6.07, 6.45) is 2.52. The van der Waals surface area contributed by atoms with Crippen LogP contribution in [0.5, 0.6) is 5.75 Å². The minimum Gasteiger partial charge on any atom is -0.486 e. The molecule has 0 radical (unpaired) electrons. The van der Waals surface area contributed by atoms with Gasteiger partial charge in [0.05, 0.1) is 6.61 Å². The summed E-state index contributed by atoms with van der Waals surface area (Å²) in [6, 6.07) is 2.86. The monoisotopic (exact) mass is 224 g/mol. The van der Waals surface area contributed by atoms with E-state index in [1.807, 2.05) is 0 Å². The van der Waals surface area contributed by atoms with Gasteiger partial charge in [0.2, 0.25) is 0 Å². The lowest BCUT2D eigenvalue weighted by Gasteiger charge is -2.26. The highest BCUT2D eigenvalue weighted by Gasteiger charge is 2.37. The number of benzene rings is 1. The van der Waals surface area contributed by atoms with Crippen LogP contribution in [-0.2, 0) is 13.0 Å². The smallest absolute Gasteiger partial charge is 0.129 e. The lowest BCUT2D eigenvalue weighted by atomic mass is 9.91. The van der Waals surface area contributed by atoms with Crippen molar-refractivity contribution in [2.75, 3.05) is 0 Å². The lowest BCUT2D eigenvalue weighted by Crippen LogP contribution is -2.32. The highest BCUT2D eigenvalue weighted by Crippen LogP contribution is 2.41. The fraction of sp³-hybridized carbons (Fsp3) is 0.538. The molecule has 0 amide bonds. The second kappa shape index (κ2) is 4.06. The van der Waals surface area contributed by atoms with Crippen molar-refractivity contribution in [3.63, 3.8) is 0 Å². The number of rotatable bonds is 3. The quantitative estimate of drug-likeness (QED) is 0.855. The maximum atomic E-state index is 13.3. The van der Waals surface area contributed by atoms with Gasteiger partial charge in [0.15, 0.2) is 0 Å². The normalized spacial score (nSPS) is 17.0. The second-order valence-electron chi connectivity index (χ2n) is 4.38. The van der Waals surface area contributed by atoms with Crippen LogP contribution in [0.15, 0.2) is 12.1 Å². The van der Waals surface area contributed by atoms with Gasteiger partial charge in [-0.3, -0.25) is 0 Å². The molecule has 0 aromatic heterocycles. The predicted molar refractivity (Wildman–Crippen MR) is 60.0 cm³/mol. The zero-order valence-electron chi connectivity index (χ0n) is 9.72. The summed E-state index contributed by atoms with van der Waals surface area (Å²) in [5.41, 5.74) is 1.23. The highest BCUT2D eigenvalue weighted by atomic mass is 19.1. The van der Waals surface area contributed by atoms with Crippen LogP contribution in [0.1, 0.15) is 37.8 Å². The van der Waals surface area contributed by atoms with Crippen molar-refractivity contribution in [3.8, 4) is 5.75 Å². The first-order valence-electron chi connectivity index (χ1n) is 5.75. The van der Waals surface area contributed by atoms with E-state index in [4.69, 9.17) is 4.74 Å². The molecule has 3 heteroatoms. The maximum absolute atomic E-state index is 13.3. The molecule has 0 unspecified atom stereocenters. The van der Waals surface area contributed by atoms with Gasteiger partial charge in [-0.05, 0) is 25.0 Å². The minimum atomic E-state index is -0.297. The lowest BCUT2D eigenvalue weighted by molar-refractivity contribution is 0.0833. The molecule has 0 saturated carbocycles. The Morgan fingerprint density at radius 3 is 2.62 bits per heavy atom. The van der Waals surface area contributed by atoms with E-state index < -0.39 is 0 Å². The molecule has 1 aromatic carbocycles. The van der Waals surface area contributed by atoms with E-state index in [9.17, 15) is 9.50 Å². The number of hydrogen-bond donors (Lipinski definition) is 1. The third-order valence-corrected chi connectivity index (χ3v) is 3.50. The van der Waals surface area contributed by atoms with Crippen LogP contribution in [0, 0.1) is 5.82 Å². The van der Waals surface area contributed by atoms with Gasteiger partial charge < -0.3 is 9.84 Å². The van der Waals surface area contributed by atoms with Gasteiger partial charge >= 0.3 is 0 Å². The first kappa shape index (κ1) is 11.4. The van der Waals surface area contributed by atoms with Crippen LogP contribution in [-0.4, -0.2) is 10.7 Å². The molecule has 2 nitrogen and oxygen atoms in total. The van der Waals surface area contributed by atoms with Crippen molar-refractivity contribution < 1.29 is 14.2 Å². The third-order valence-electron chi connectivity index (χ3n) is 3.50. The largest absolute Gasteiger partial charge is 0.486 e. The van der Waals surface area contributed by atoms with Gasteiger partial charge in [0.1, 0.15) is 17.2 Å². The summed E-state index contributed by atoms with van der Waals surface area (Å²) in [5, 5.41) is 9.20. The van der Waals surface area contributed by atoms with Crippen LogP contribution in [0.4, 0.5) is 4.39 Å². The van der Waals surface area contributed by atoms with Crippen LogP contribution in [0.3, 0.4) is 0 Å². The molecule has 1 aliphatic heterocycles. The van der Waals surface area contributed by atoms with Crippen LogP contribution >= 0.6 is 0 Å². The van der Waals surface area contributed by atoms with Gasteiger partial charge in [-0.25, -0.2) is 4.39 Å². The Hall–Kier alpha value is -1.09. The van der Waals surface area contributed by atoms with Crippen molar-refractivity contribution in [3.05, 3.63) is 29.1 Å². The number of aliphatic hydroxyl groups is 1. The fourth-order valence-electron chi connectivity index (χ4n) is 2.34. The molecule has 0 atom stereocenters. The molecule has 1 aliphatic rings. The fourth-order valence-corrected chi connectivity index (χ4v) is 2.34. The Morgan fingerprint density at radius 1 is 1.38 bits per heavy atom. The molecule has 2 rings (SSSR count).